The van der Waals surface area contributed by atoms with Crippen molar-refractivity contribution < 1.29 is 9.53 Å². The van der Waals surface area contributed by atoms with Gasteiger partial charge in [-0.3, -0.25) is 4.79 Å². The number of anilines is 2. The van der Waals surface area contributed by atoms with E-state index in [0.29, 0.717) is 29.5 Å². The highest BCUT2D eigenvalue weighted by Gasteiger charge is 2.10. The van der Waals surface area contributed by atoms with Gasteiger partial charge in [-0.2, -0.15) is 0 Å². The predicted molar refractivity (Wildman–Crippen MR) is 70.1 cm³/mol. The normalized spacial score (nSPS) is 11.9. The Kier molecular flexibility index (Phi) is 4.82. The van der Waals surface area contributed by atoms with E-state index in [2.05, 4.69) is 19.2 Å². The first kappa shape index (κ1) is 13.4. The first-order chi connectivity index (χ1) is 8.06. The summed E-state index contributed by atoms with van der Waals surface area (Å²) in [6.07, 6.45) is 1.50. The minimum Gasteiger partial charge on any atom is -0.495 e. The van der Waals surface area contributed by atoms with Crippen LogP contribution in [0.4, 0.5) is 11.4 Å². The van der Waals surface area contributed by atoms with E-state index in [-0.39, 0.29) is 5.91 Å². The van der Waals surface area contributed by atoms with E-state index in [1.165, 1.54) is 0 Å². The van der Waals surface area contributed by atoms with Crippen LogP contribution in [0.1, 0.15) is 26.7 Å². The van der Waals surface area contributed by atoms with Crippen LogP contribution in [0.3, 0.4) is 0 Å². The average Bonchev–Trinajstić information content (AvgIpc) is 2.29. The number of hydrogen-bond acceptors (Lipinski definition) is 3. The van der Waals surface area contributed by atoms with Crippen LogP contribution in [-0.2, 0) is 4.79 Å². The molecule has 1 aromatic carbocycles. The maximum Gasteiger partial charge on any atom is 0.224 e. The van der Waals surface area contributed by atoms with Crippen LogP contribution in [-0.4, -0.2) is 13.0 Å². The van der Waals surface area contributed by atoms with Crippen molar-refractivity contribution in [3.8, 4) is 5.75 Å². The van der Waals surface area contributed by atoms with E-state index in [4.69, 9.17) is 10.5 Å². The molecule has 0 aromatic heterocycles. The van der Waals surface area contributed by atoms with Crippen molar-refractivity contribution in [3.05, 3.63) is 18.2 Å². The molecule has 17 heavy (non-hydrogen) atoms. The van der Waals surface area contributed by atoms with Gasteiger partial charge in [0.15, 0.2) is 0 Å². The van der Waals surface area contributed by atoms with Gasteiger partial charge in [0, 0.05) is 12.1 Å². The Morgan fingerprint density at radius 2 is 2.24 bits per heavy atom. The lowest BCUT2D eigenvalue weighted by molar-refractivity contribution is -0.117. The van der Waals surface area contributed by atoms with E-state index in [0.717, 1.165) is 6.42 Å². The number of rotatable bonds is 5. The largest absolute Gasteiger partial charge is 0.495 e. The molecule has 4 heteroatoms. The third kappa shape index (κ3) is 3.98. The molecule has 0 spiro atoms. The van der Waals surface area contributed by atoms with Gasteiger partial charge < -0.3 is 15.8 Å². The quantitative estimate of drug-likeness (QED) is 0.772. The zero-order chi connectivity index (χ0) is 12.8. The summed E-state index contributed by atoms with van der Waals surface area (Å²) in [7, 11) is 1.57. The zero-order valence-corrected chi connectivity index (χ0v) is 10.6. The van der Waals surface area contributed by atoms with E-state index < -0.39 is 0 Å². The molecule has 0 aliphatic carbocycles. The Balaban J connectivity index is 2.73. The lowest BCUT2D eigenvalue weighted by atomic mass is 10.0. The minimum absolute atomic E-state index is 0.0109. The molecular formula is C13H20N2O2. The monoisotopic (exact) mass is 236 g/mol. The molecule has 3 N–H and O–H groups in total. The molecule has 0 bridgehead atoms. The van der Waals surface area contributed by atoms with Gasteiger partial charge in [-0.25, -0.2) is 0 Å². The third-order valence-electron chi connectivity index (χ3n) is 2.73. The second kappa shape index (κ2) is 6.13. The van der Waals surface area contributed by atoms with Gasteiger partial charge in [-0.15, -0.1) is 0 Å². The van der Waals surface area contributed by atoms with Crippen molar-refractivity contribution in [2.45, 2.75) is 26.7 Å². The maximum atomic E-state index is 11.8. The fourth-order valence-electron chi connectivity index (χ4n) is 1.49. The summed E-state index contributed by atoms with van der Waals surface area (Å²) in [5.41, 5.74) is 6.91. The van der Waals surface area contributed by atoms with E-state index in [9.17, 15) is 4.79 Å². The molecule has 0 saturated carbocycles. The standard InChI is InChI=1S/C13H20N2O2/c1-4-9(2)7-13(16)15-11-8-10(14)5-6-12(11)17-3/h5-6,8-9H,4,7,14H2,1-3H3,(H,15,16). The Morgan fingerprint density at radius 3 is 2.82 bits per heavy atom. The zero-order valence-electron chi connectivity index (χ0n) is 10.6. The number of nitrogen functional groups attached to an aromatic ring is 1. The second-order valence-corrected chi connectivity index (χ2v) is 4.23. The molecule has 0 saturated heterocycles. The van der Waals surface area contributed by atoms with Gasteiger partial charge in [-0.05, 0) is 24.1 Å². The van der Waals surface area contributed by atoms with Crippen LogP contribution in [0.15, 0.2) is 18.2 Å². The van der Waals surface area contributed by atoms with Crippen LogP contribution < -0.4 is 15.8 Å². The smallest absolute Gasteiger partial charge is 0.224 e. The predicted octanol–water partition coefficient (Wildman–Crippen LogP) is 2.65. The van der Waals surface area contributed by atoms with Gasteiger partial charge in [0.1, 0.15) is 5.75 Å². The number of nitrogens with two attached hydrogens (primary N) is 1. The Labute approximate surface area is 102 Å². The fraction of sp³-hybridized carbons (Fsp3) is 0.462. The summed E-state index contributed by atoms with van der Waals surface area (Å²) in [4.78, 5) is 11.8. The molecule has 1 amide bonds. The highest BCUT2D eigenvalue weighted by molar-refractivity contribution is 5.93. The highest BCUT2D eigenvalue weighted by atomic mass is 16.5. The van der Waals surface area contributed by atoms with Gasteiger partial charge in [-0.1, -0.05) is 20.3 Å². The number of nitrogens with one attached hydrogen (secondary N) is 1. The summed E-state index contributed by atoms with van der Waals surface area (Å²) in [5.74, 6) is 0.988. The van der Waals surface area contributed by atoms with Crippen LogP contribution in [0.25, 0.3) is 0 Å². The molecule has 1 atom stereocenters. The van der Waals surface area contributed by atoms with Gasteiger partial charge in [0.2, 0.25) is 5.91 Å². The third-order valence-corrected chi connectivity index (χ3v) is 2.73. The topological polar surface area (TPSA) is 64.4 Å². The SMILES string of the molecule is CCC(C)CC(=O)Nc1cc(N)ccc1OC. The number of hydrogen-bond donors (Lipinski definition) is 2. The Morgan fingerprint density at radius 1 is 1.53 bits per heavy atom. The van der Waals surface area contributed by atoms with Crippen LogP contribution in [0.5, 0.6) is 5.75 Å². The summed E-state index contributed by atoms with van der Waals surface area (Å²) in [5, 5.41) is 2.82. The highest BCUT2D eigenvalue weighted by Crippen LogP contribution is 2.26. The first-order valence-electron chi connectivity index (χ1n) is 5.80. The number of methoxy groups -OCH3 is 1. The average molecular weight is 236 g/mol. The second-order valence-electron chi connectivity index (χ2n) is 4.23. The Hall–Kier alpha value is -1.71. The molecular weight excluding hydrogens is 216 g/mol. The molecule has 1 rings (SSSR count). The van der Waals surface area contributed by atoms with Crippen molar-refractivity contribution in [1.82, 2.24) is 0 Å². The molecule has 0 radical (unpaired) electrons. The van der Waals surface area contributed by atoms with Crippen LogP contribution in [0, 0.1) is 5.92 Å². The fourth-order valence-corrected chi connectivity index (χ4v) is 1.49. The molecule has 1 unspecified atom stereocenters. The molecule has 0 aliphatic heterocycles. The number of benzene rings is 1. The molecule has 0 heterocycles. The number of amides is 1. The summed E-state index contributed by atoms with van der Waals surface area (Å²) in [6.45, 7) is 4.12. The number of carbonyl (C=O) groups excluding carboxylic acids is 1. The van der Waals surface area contributed by atoms with Crippen molar-refractivity contribution in [2.75, 3.05) is 18.2 Å². The van der Waals surface area contributed by atoms with E-state index >= 15 is 0 Å². The van der Waals surface area contributed by atoms with Gasteiger partial charge in [0.25, 0.3) is 0 Å². The number of carbonyl (C=O) groups is 1. The lowest BCUT2D eigenvalue weighted by Gasteiger charge is -2.12. The molecule has 1 aromatic rings. The summed E-state index contributed by atoms with van der Waals surface area (Å²) >= 11 is 0. The molecule has 94 valence electrons. The first-order valence-corrected chi connectivity index (χ1v) is 5.80. The summed E-state index contributed by atoms with van der Waals surface area (Å²) in [6, 6.07) is 5.19. The van der Waals surface area contributed by atoms with Crippen LogP contribution >= 0.6 is 0 Å². The summed E-state index contributed by atoms with van der Waals surface area (Å²) < 4.78 is 5.16. The Bertz CT molecular complexity index is 391. The molecule has 0 fully saturated rings. The molecule has 0 aliphatic rings. The number of ether oxygens (including phenoxy) is 1. The molecule has 4 nitrogen and oxygen atoms in total. The van der Waals surface area contributed by atoms with Crippen LogP contribution in [0.2, 0.25) is 0 Å². The minimum atomic E-state index is -0.0109. The van der Waals surface area contributed by atoms with Crippen molar-refractivity contribution >= 4 is 17.3 Å². The lowest BCUT2D eigenvalue weighted by Crippen LogP contribution is -2.15. The van der Waals surface area contributed by atoms with E-state index in [1.54, 1.807) is 25.3 Å². The van der Waals surface area contributed by atoms with E-state index in [1.807, 2.05) is 0 Å². The van der Waals surface area contributed by atoms with Crippen molar-refractivity contribution in [1.29, 1.82) is 0 Å². The van der Waals surface area contributed by atoms with Gasteiger partial charge in [0.05, 0.1) is 12.8 Å². The van der Waals surface area contributed by atoms with Gasteiger partial charge >= 0.3 is 0 Å². The van der Waals surface area contributed by atoms with Crippen molar-refractivity contribution in [2.24, 2.45) is 5.92 Å². The maximum absolute atomic E-state index is 11.8. The van der Waals surface area contributed by atoms with Crippen molar-refractivity contribution in [3.63, 3.8) is 0 Å².